The molecule has 0 aromatic carbocycles. The number of hydrogen-bond acceptors (Lipinski definition) is 5. The van der Waals surface area contributed by atoms with Crippen molar-refractivity contribution in [2.24, 2.45) is 7.05 Å². The zero-order valence-electron chi connectivity index (χ0n) is 9.13. The van der Waals surface area contributed by atoms with E-state index in [1.54, 1.807) is 7.05 Å². The van der Waals surface area contributed by atoms with Gasteiger partial charge in [0.1, 0.15) is 6.20 Å². The van der Waals surface area contributed by atoms with Gasteiger partial charge in [0, 0.05) is 13.1 Å². The highest BCUT2D eigenvalue weighted by molar-refractivity contribution is 5.18. The molecule has 7 heteroatoms. The Bertz CT molecular complexity index is 384. The maximum atomic E-state index is 10.6. The third-order valence-electron chi connectivity index (χ3n) is 2.72. The molecule has 1 saturated heterocycles. The maximum Gasteiger partial charge on any atom is 0.342 e. The highest BCUT2D eigenvalue weighted by Gasteiger charge is 2.19. The third kappa shape index (κ3) is 2.20. The number of aromatic nitrogens is 2. The highest BCUT2D eigenvalue weighted by Crippen LogP contribution is 2.13. The van der Waals surface area contributed by atoms with E-state index in [2.05, 4.69) is 9.88 Å². The van der Waals surface area contributed by atoms with Crippen LogP contribution in [-0.4, -0.2) is 45.7 Å². The lowest BCUT2D eigenvalue weighted by Gasteiger charge is -2.25. The van der Waals surface area contributed by atoms with Crippen molar-refractivity contribution >= 4 is 5.82 Å². The van der Waals surface area contributed by atoms with E-state index in [1.165, 1.54) is 10.8 Å². The maximum absolute atomic E-state index is 10.6. The minimum atomic E-state index is -0.421. The molecule has 0 N–H and O–H groups in total. The number of ether oxygens (including phenoxy) is 1. The van der Waals surface area contributed by atoms with Gasteiger partial charge in [-0.25, -0.2) is 9.55 Å². The molecule has 2 rings (SSSR count). The van der Waals surface area contributed by atoms with E-state index in [4.69, 9.17) is 4.74 Å². The second-order valence-corrected chi connectivity index (χ2v) is 3.74. The Morgan fingerprint density at radius 3 is 2.81 bits per heavy atom. The van der Waals surface area contributed by atoms with E-state index >= 15 is 0 Å². The topological polar surface area (TPSA) is 73.4 Å². The zero-order chi connectivity index (χ0) is 11.5. The summed E-state index contributed by atoms with van der Waals surface area (Å²) in [5, 5.41) is 10.6. The summed E-state index contributed by atoms with van der Waals surface area (Å²) in [7, 11) is 1.67. The van der Waals surface area contributed by atoms with Crippen LogP contribution in [0.15, 0.2) is 6.20 Å². The number of morpholine rings is 1. The molecular formula is C9H14N4O3. The average Bonchev–Trinajstić information content (AvgIpc) is 2.62. The molecule has 1 aromatic rings. The normalized spacial score (nSPS) is 17.6. The van der Waals surface area contributed by atoms with Gasteiger partial charge in [0.05, 0.1) is 26.8 Å². The average molecular weight is 226 g/mol. The molecule has 0 aliphatic carbocycles. The minimum absolute atomic E-state index is 0.0308. The Labute approximate surface area is 92.8 Å². The Morgan fingerprint density at radius 2 is 2.25 bits per heavy atom. The van der Waals surface area contributed by atoms with Crippen molar-refractivity contribution in [3.63, 3.8) is 0 Å². The standard InChI is InChI=1S/C9H14N4O3/c1-11-8(10-6-9(11)13(14)15)7-12-2-4-16-5-3-12/h6H,2-5,7H2,1H3. The molecule has 1 aliphatic rings. The molecular weight excluding hydrogens is 212 g/mol. The van der Waals surface area contributed by atoms with Gasteiger partial charge in [0.15, 0.2) is 0 Å². The molecule has 1 fully saturated rings. The smallest absolute Gasteiger partial charge is 0.342 e. The fourth-order valence-corrected chi connectivity index (χ4v) is 1.71. The van der Waals surface area contributed by atoms with Crippen LogP contribution in [0, 0.1) is 10.1 Å². The Morgan fingerprint density at radius 1 is 1.56 bits per heavy atom. The minimum Gasteiger partial charge on any atom is -0.379 e. The summed E-state index contributed by atoms with van der Waals surface area (Å²) in [6, 6.07) is 0. The van der Waals surface area contributed by atoms with Gasteiger partial charge in [0.25, 0.3) is 0 Å². The summed E-state index contributed by atoms with van der Waals surface area (Å²) in [5.41, 5.74) is 0. The summed E-state index contributed by atoms with van der Waals surface area (Å²) in [5.74, 6) is 0.747. The molecule has 88 valence electrons. The van der Waals surface area contributed by atoms with Crippen molar-refractivity contribution in [1.82, 2.24) is 14.5 Å². The molecule has 2 heterocycles. The SMILES string of the molecule is Cn1c([N+](=O)[O-])cnc1CN1CCOCC1. The van der Waals surface area contributed by atoms with Crippen molar-refractivity contribution in [3.8, 4) is 0 Å². The largest absolute Gasteiger partial charge is 0.379 e. The summed E-state index contributed by atoms with van der Waals surface area (Å²) in [4.78, 5) is 16.5. The highest BCUT2D eigenvalue weighted by atomic mass is 16.6. The first kappa shape index (κ1) is 11.0. The summed E-state index contributed by atoms with van der Waals surface area (Å²) in [6.45, 7) is 3.76. The predicted octanol–water partition coefficient (Wildman–Crippen LogP) is 0.160. The van der Waals surface area contributed by atoms with Gasteiger partial charge in [-0.15, -0.1) is 0 Å². The van der Waals surface area contributed by atoms with Crippen molar-refractivity contribution in [3.05, 3.63) is 22.1 Å². The third-order valence-corrected chi connectivity index (χ3v) is 2.72. The summed E-state index contributed by atoms with van der Waals surface area (Å²) >= 11 is 0. The van der Waals surface area contributed by atoms with Crippen LogP contribution in [0.5, 0.6) is 0 Å². The molecule has 0 atom stereocenters. The van der Waals surface area contributed by atoms with Crippen LogP contribution in [0.2, 0.25) is 0 Å². The van der Waals surface area contributed by atoms with Gasteiger partial charge in [-0.2, -0.15) is 0 Å². The van der Waals surface area contributed by atoms with Crippen molar-refractivity contribution in [2.45, 2.75) is 6.54 Å². The van der Waals surface area contributed by atoms with E-state index in [0.717, 1.165) is 13.1 Å². The van der Waals surface area contributed by atoms with Gasteiger partial charge >= 0.3 is 5.82 Å². The van der Waals surface area contributed by atoms with Crippen molar-refractivity contribution in [2.75, 3.05) is 26.3 Å². The Hall–Kier alpha value is -1.47. The fourth-order valence-electron chi connectivity index (χ4n) is 1.71. The van der Waals surface area contributed by atoms with Crippen LogP contribution >= 0.6 is 0 Å². The fraction of sp³-hybridized carbons (Fsp3) is 0.667. The van der Waals surface area contributed by atoms with E-state index in [-0.39, 0.29) is 5.82 Å². The lowest BCUT2D eigenvalue weighted by Crippen LogP contribution is -2.36. The van der Waals surface area contributed by atoms with Crippen LogP contribution < -0.4 is 0 Å². The van der Waals surface area contributed by atoms with Crippen LogP contribution in [0.25, 0.3) is 0 Å². The molecule has 16 heavy (non-hydrogen) atoms. The van der Waals surface area contributed by atoms with Crippen molar-refractivity contribution in [1.29, 1.82) is 0 Å². The Balaban J connectivity index is 2.06. The van der Waals surface area contributed by atoms with Gasteiger partial charge in [-0.05, 0) is 4.92 Å². The molecule has 0 bridgehead atoms. The number of imidazole rings is 1. The lowest BCUT2D eigenvalue weighted by atomic mass is 10.4. The van der Waals surface area contributed by atoms with Gasteiger partial charge in [-0.3, -0.25) is 4.90 Å². The molecule has 0 saturated carbocycles. The molecule has 0 radical (unpaired) electrons. The Kier molecular flexibility index (Phi) is 3.16. The van der Waals surface area contributed by atoms with Crippen molar-refractivity contribution < 1.29 is 9.66 Å². The first-order valence-electron chi connectivity index (χ1n) is 5.13. The summed E-state index contributed by atoms with van der Waals surface area (Å²) < 4.78 is 6.76. The number of nitro groups is 1. The van der Waals surface area contributed by atoms with Crippen LogP contribution in [-0.2, 0) is 18.3 Å². The number of hydrogen-bond donors (Lipinski definition) is 0. The molecule has 1 aromatic heterocycles. The van der Waals surface area contributed by atoms with Gasteiger partial charge < -0.3 is 14.9 Å². The van der Waals surface area contributed by atoms with E-state index in [1.807, 2.05) is 0 Å². The molecule has 0 spiro atoms. The molecule has 1 aliphatic heterocycles. The van der Waals surface area contributed by atoms with Crippen LogP contribution in [0.1, 0.15) is 5.82 Å². The van der Waals surface area contributed by atoms with Gasteiger partial charge in [-0.1, -0.05) is 0 Å². The zero-order valence-corrected chi connectivity index (χ0v) is 9.13. The van der Waals surface area contributed by atoms with E-state index < -0.39 is 4.92 Å². The molecule has 0 amide bonds. The van der Waals surface area contributed by atoms with Crippen LogP contribution in [0.3, 0.4) is 0 Å². The van der Waals surface area contributed by atoms with E-state index in [9.17, 15) is 10.1 Å². The summed E-state index contributed by atoms with van der Waals surface area (Å²) in [6.07, 6.45) is 1.30. The molecule has 7 nitrogen and oxygen atoms in total. The second kappa shape index (κ2) is 4.58. The van der Waals surface area contributed by atoms with E-state index in [0.29, 0.717) is 25.6 Å². The second-order valence-electron chi connectivity index (χ2n) is 3.74. The first-order valence-corrected chi connectivity index (χ1v) is 5.13. The predicted molar refractivity (Wildman–Crippen MR) is 56.0 cm³/mol. The monoisotopic (exact) mass is 226 g/mol. The quantitative estimate of drug-likeness (QED) is 0.542. The van der Waals surface area contributed by atoms with Crippen LogP contribution in [0.4, 0.5) is 5.82 Å². The van der Waals surface area contributed by atoms with Gasteiger partial charge in [0.2, 0.25) is 5.82 Å². The number of nitrogens with zero attached hydrogens (tertiary/aromatic N) is 4. The number of rotatable bonds is 3. The first-order chi connectivity index (χ1) is 7.68. The lowest BCUT2D eigenvalue weighted by molar-refractivity contribution is -0.391. The molecule has 0 unspecified atom stereocenters.